The van der Waals surface area contributed by atoms with Gasteiger partial charge in [0.05, 0.1) is 17.4 Å². The van der Waals surface area contributed by atoms with Crippen molar-refractivity contribution in [2.45, 2.75) is 5.60 Å². The predicted octanol–water partition coefficient (Wildman–Crippen LogP) is 5.52. The fourth-order valence-electron chi connectivity index (χ4n) is 5.22. The molecule has 9 heteroatoms. The Morgan fingerprint density at radius 2 is 1.71 bits per heavy atom. The summed E-state index contributed by atoms with van der Waals surface area (Å²) in [6.07, 6.45) is 6.59. The number of amides is 1. The molecule has 1 atom stereocenters. The Labute approximate surface area is 246 Å². The maximum Gasteiger partial charge on any atom is 0.255 e. The van der Waals surface area contributed by atoms with E-state index in [9.17, 15) is 14.7 Å². The normalized spacial score (nSPS) is 12.7. The molecular formula is C33H26ClN5O3. The number of hydrogen-bond acceptors (Lipinski definition) is 5. The smallest absolute Gasteiger partial charge is 0.255 e. The van der Waals surface area contributed by atoms with Crippen LogP contribution in [0.5, 0.6) is 0 Å². The van der Waals surface area contributed by atoms with Crippen molar-refractivity contribution in [3.05, 3.63) is 148 Å². The molecule has 1 unspecified atom stereocenters. The molecule has 0 aliphatic rings. The van der Waals surface area contributed by atoms with Gasteiger partial charge in [0.15, 0.2) is 5.60 Å². The maximum atomic E-state index is 12.9. The van der Waals surface area contributed by atoms with E-state index in [1.165, 1.54) is 0 Å². The number of halogens is 1. The van der Waals surface area contributed by atoms with Crippen molar-refractivity contribution >= 4 is 34.1 Å². The second kappa shape index (κ2) is 10.7. The van der Waals surface area contributed by atoms with Crippen molar-refractivity contribution in [2.24, 2.45) is 14.1 Å². The van der Waals surface area contributed by atoms with E-state index in [0.717, 1.165) is 10.9 Å². The molecular weight excluding hydrogens is 550 g/mol. The second-order valence-electron chi connectivity index (χ2n) is 10.0. The summed E-state index contributed by atoms with van der Waals surface area (Å²) in [5, 5.41) is 16.7. The Bertz CT molecular complexity index is 2000. The minimum Gasteiger partial charge on any atom is -0.373 e. The van der Waals surface area contributed by atoms with Gasteiger partial charge in [0.25, 0.3) is 11.5 Å². The molecule has 0 spiro atoms. The Morgan fingerprint density at radius 1 is 0.929 bits per heavy atom. The first-order chi connectivity index (χ1) is 20.3. The van der Waals surface area contributed by atoms with Crippen LogP contribution < -0.4 is 10.9 Å². The van der Waals surface area contributed by atoms with Gasteiger partial charge in [0.2, 0.25) is 0 Å². The lowest BCUT2D eigenvalue weighted by Crippen LogP contribution is -2.32. The molecule has 3 aromatic carbocycles. The average molecular weight is 576 g/mol. The lowest BCUT2D eigenvalue weighted by Gasteiger charge is -2.29. The number of carbonyl (C=O) groups is 1. The second-order valence-corrected chi connectivity index (χ2v) is 10.5. The molecule has 1 amide bonds. The van der Waals surface area contributed by atoms with Crippen LogP contribution in [0.2, 0.25) is 5.02 Å². The number of nitrogens with zero attached hydrogens (tertiary/aromatic N) is 4. The number of aryl methyl sites for hydroxylation is 2. The van der Waals surface area contributed by atoms with Gasteiger partial charge in [-0.25, -0.2) is 4.98 Å². The van der Waals surface area contributed by atoms with E-state index in [2.05, 4.69) is 15.3 Å². The molecule has 0 bridgehead atoms. The first-order valence-corrected chi connectivity index (χ1v) is 13.6. The fourth-order valence-corrected chi connectivity index (χ4v) is 5.41. The fraction of sp³-hybridized carbons (Fsp3) is 0.0909. The quantitative estimate of drug-likeness (QED) is 0.272. The van der Waals surface area contributed by atoms with Crippen molar-refractivity contribution < 1.29 is 9.90 Å². The number of aromatic nitrogens is 4. The molecule has 0 fully saturated rings. The highest BCUT2D eigenvalue weighted by Gasteiger charge is 2.38. The average Bonchev–Trinajstić information content (AvgIpc) is 3.45. The lowest BCUT2D eigenvalue weighted by atomic mass is 9.83. The van der Waals surface area contributed by atoms with Crippen LogP contribution in [0.4, 0.5) is 5.69 Å². The van der Waals surface area contributed by atoms with E-state index in [0.29, 0.717) is 44.3 Å². The Balaban J connectivity index is 1.50. The molecule has 8 nitrogen and oxygen atoms in total. The van der Waals surface area contributed by atoms with Crippen LogP contribution in [0.25, 0.3) is 22.0 Å². The number of nitrogens with one attached hydrogen (secondary N) is 1. The van der Waals surface area contributed by atoms with Crippen molar-refractivity contribution in [3.63, 3.8) is 0 Å². The van der Waals surface area contributed by atoms with Gasteiger partial charge in [-0.05, 0) is 70.8 Å². The van der Waals surface area contributed by atoms with Gasteiger partial charge in [-0.3, -0.25) is 14.6 Å². The third-order valence-corrected chi connectivity index (χ3v) is 7.66. The number of carbonyl (C=O) groups excluding carboxylic acids is 1. The number of benzene rings is 3. The van der Waals surface area contributed by atoms with Crippen molar-refractivity contribution in [2.75, 3.05) is 5.32 Å². The Morgan fingerprint density at radius 3 is 2.40 bits per heavy atom. The van der Waals surface area contributed by atoms with Crippen LogP contribution in [0.3, 0.4) is 0 Å². The molecule has 0 saturated heterocycles. The minimum absolute atomic E-state index is 0.162. The summed E-state index contributed by atoms with van der Waals surface area (Å²) in [5.41, 5.74) is 2.38. The van der Waals surface area contributed by atoms with E-state index >= 15 is 0 Å². The molecule has 0 aliphatic heterocycles. The predicted molar refractivity (Wildman–Crippen MR) is 164 cm³/mol. The van der Waals surface area contributed by atoms with E-state index in [1.807, 2.05) is 37.4 Å². The van der Waals surface area contributed by atoms with Crippen LogP contribution in [-0.4, -0.2) is 30.1 Å². The number of rotatable bonds is 6. The van der Waals surface area contributed by atoms with Crippen molar-refractivity contribution in [1.82, 2.24) is 19.1 Å². The van der Waals surface area contributed by atoms with Crippen LogP contribution in [-0.2, 0) is 19.7 Å². The van der Waals surface area contributed by atoms with E-state index in [-0.39, 0.29) is 11.5 Å². The van der Waals surface area contributed by atoms with Gasteiger partial charge in [0.1, 0.15) is 5.82 Å². The zero-order valence-corrected chi connectivity index (χ0v) is 23.6. The summed E-state index contributed by atoms with van der Waals surface area (Å²) in [6, 6.07) is 24.6. The van der Waals surface area contributed by atoms with Crippen LogP contribution >= 0.6 is 11.6 Å². The highest BCUT2D eigenvalue weighted by atomic mass is 35.5. The summed E-state index contributed by atoms with van der Waals surface area (Å²) in [6.45, 7) is 0. The van der Waals surface area contributed by atoms with Crippen LogP contribution in [0, 0.1) is 0 Å². The molecule has 2 N–H and O–H groups in total. The van der Waals surface area contributed by atoms with E-state index in [4.69, 9.17) is 11.6 Å². The van der Waals surface area contributed by atoms with Gasteiger partial charge in [-0.2, -0.15) is 0 Å². The number of hydrogen-bond donors (Lipinski definition) is 2. The molecule has 0 radical (unpaired) electrons. The molecule has 0 saturated carbocycles. The van der Waals surface area contributed by atoms with Crippen LogP contribution in [0.1, 0.15) is 27.3 Å². The minimum atomic E-state index is -1.69. The van der Waals surface area contributed by atoms with E-state index < -0.39 is 5.60 Å². The third kappa shape index (κ3) is 4.76. The largest absolute Gasteiger partial charge is 0.373 e. The topological polar surface area (TPSA) is 102 Å². The zero-order chi connectivity index (χ0) is 29.4. The molecule has 3 heterocycles. The van der Waals surface area contributed by atoms with Gasteiger partial charge >= 0.3 is 0 Å². The van der Waals surface area contributed by atoms with Crippen LogP contribution in [0.15, 0.2) is 115 Å². The molecule has 6 aromatic rings. The zero-order valence-electron chi connectivity index (χ0n) is 22.8. The number of anilines is 1. The van der Waals surface area contributed by atoms with Crippen molar-refractivity contribution in [1.29, 1.82) is 0 Å². The summed E-state index contributed by atoms with van der Waals surface area (Å²) in [4.78, 5) is 34.3. The number of aliphatic hydroxyl groups is 1. The molecule has 0 aliphatic carbocycles. The lowest BCUT2D eigenvalue weighted by molar-refractivity contribution is 0.102. The molecule has 6 rings (SSSR count). The number of fused-ring (bicyclic) bond motifs is 1. The Hall–Kier alpha value is -5.05. The molecule has 42 heavy (non-hydrogen) atoms. The monoisotopic (exact) mass is 575 g/mol. The standard InChI is InChI=1S/C33H26ClN5O3/c1-38-16-15-36-32(38)33(42,23-10-8-21(9-11-23)31(41)37-26-7-4-14-35-20-26)24-12-13-29-28(18-24)27(19-30(40)39(29)2)22-5-3-6-25(34)17-22/h3-20,42H,1-2H3,(H,37,41). The summed E-state index contributed by atoms with van der Waals surface area (Å²) in [7, 11) is 3.53. The first kappa shape index (κ1) is 27.1. The number of imidazole rings is 1. The van der Waals surface area contributed by atoms with Crippen molar-refractivity contribution in [3.8, 4) is 11.1 Å². The highest BCUT2D eigenvalue weighted by Crippen LogP contribution is 2.39. The molecule has 208 valence electrons. The van der Waals surface area contributed by atoms with Gasteiger partial charge in [0, 0.05) is 54.7 Å². The molecule has 3 aromatic heterocycles. The third-order valence-electron chi connectivity index (χ3n) is 7.43. The summed E-state index contributed by atoms with van der Waals surface area (Å²) in [5.74, 6) is 0.0939. The first-order valence-electron chi connectivity index (χ1n) is 13.2. The SMILES string of the molecule is Cn1ccnc1C(O)(c1ccc(C(=O)Nc2cccnc2)cc1)c1ccc2c(c1)c(-c1cccc(Cl)c1)cc(=O)n2C. The highest BCUT2D eigenvalue weighted by molar-refractivity contribution is 6.30. The van der Waals surface area contributed by atoms with Gasteiger partial charge in [-0.15, -0.1) is 0 Å². The van der Waals surface area contributed by atoms with Gasteiger partial charge < -0.3 is 19.6 Å². The summed E-state index contributed by atoms with van der Waals surface area (Å²) >= 11 is 6.30. The van der Waals surface area contributed by atoms with E-state index in [1.54, 1.807) is 95.6 Å². The van der Waals surface area contributed by atoms with Gasteiger partial charge in [-0.1, -0.05) is 41.9 Å². The maximum absolute atomic E-state index is 12.9. The Kier molecular flexibility index (Phi) is 6.94. The number of pyridine rings is 2. The summed E-state index contributed by atoms with van der Waals surface area (Å²) < 4.78 is 3.33.